The average Bonchev–Trinajstić information content (AvgIpc) is 3.04. The summed E-state index contributed by atoms with van der Waals surface area (Å²) >= 11 is 0. The Bertz CT molecular complexity index is 1680. The monoisotopic (exact) mass is 612 g/mol. The summed E-state index contributed by atoms with van der Waals surface area (Å²) in [6, 6.07) is 12.2. The number of cyclic esters (lactones) is 1. The van der Waals surface area contributed by atoms with E-state index in [0.717, 1.165) is 5.56 Å². The summed E-state index contributed by atoms with van der Waals surface area (Å²) in [4.78, 5) is 44.8. The Kier molecular flexibility index (Phi) is 8.87. The number of ether oxygens (including phenoxy) is 2. The number of hydrogen-bond donors (Lipinski definition) is 2. The van der Waals surface area contributed by atoms with Crippen LogP contribution in [0.5, 0.6) is 0 Å². The van der Waals surface area contributed by atoms with Crippen LogP contribution in [0.3, 0.4) is 0 Å². The SMILES string of the molecule is COC(=O)Nc1ccc2c(c1)NC(=O)C(C)CCCC(N1CCC(C3(C)C(F)=C(C#N)C=CC3C#N)OC1=O)c1ccnc-2c1. The number of hydrogen-bond acceptors (Lipinski definition) is 8. The number of halogens is 1. The molecule has 5 atom stereocenters. The normalized spacial score (nSPS) is 26.6. The van der Waals surface area contributed by atoms with E-state index in [-0.39, 0.29) is 30.4 Å². The van der Waals surface area contributed by atoms with E-state index in [9.17, 15) is 24.9 Å². The molecule has 2 N–H and O–H groups in total. The molecule has 12 heteroatoms. The number of carbonyl (C=O) groups is 3. The van der Waals surface area contributed by atoms with Crippen molar-refractivity contribution in [3.8, 4) is 23.4 Å². The lowest BCUT2D eigenvalue weighted by atomic mass is 9.67. The fourth-order valence-electron chi connectivity index (χ4n) is 6.22. The van der Waals surface area contributed by atoms with Crippen LogP contribution in [0.15, 0.2) is 60.1 Å². The van der Waals surface area contributed by atoms with E-state index in [4.69, 9.17) is 9.47 Å². The van der Waals surface area contributed by atoms with E-state index >= 15 is 4.39 Å². The van der Waals surface area contributed by atoms with Crippen molar-refractivity contribution in [3.63, 3.8) is 0 Å². The number of anilines is 2. The molecule has 1 aromatic carbocycles. The largest absolute Gasteiger partial charge is 0.453 e. The van der Waals surface area contributed by atoms with Gasteiger partial charge in [-0.3, -0.25) is 15.1 Å². The van der Waals surface area contributed by atoms with Gasteiger partial charge in [0.2, 0.25) is 5.91 Å². The third-order valence-corrected chi connectivity index (χ3v) is 8.94. The minimum Gasteiger partial charge on any atom is -0.453 e. The number of methoxy groups -OCH3 is 1. The summed E-state index contributed by atoms with van der Waals surface area (Å²) in [6.07, 6.45) is 4.09. The van der Waals surface area contributed by atoms with Crippen LogP contribution in [0, 0.1) is 39.9 Å². The Hall–Kier alpha value is -5.23. The summed E-state index contributed by atoms with van der Waals surface area (Å²) in [5, 5.41) is 24.8. The quantitative estimate of drug-likeness (QED) is 0.403. The molecule has 11 nitrogen and oxygen atoms in total. The lowest BCUT2D eigenvalue weighted by molar-refractivity contribution is -0.119. The zero-order valence-electron chi connectivity index (χ0n) is 25.2. The smallest absolute Gasteiger partial charge is 0.411 e. The number of nitrogens with one attached hydrogen (secondary N) is 2. The number of nitrogens with zero attached hydrogens (tertiary/aromatic N) is 4. The molecule has 2 aromatic rings. The van der Waals surface area contributed by atoms with Gasteiger partial charge in [0, 0.05) is 36.3 Å². The second-order valence-electron chi connectivity index (χ2n) is 11.6. The first-order valence-corrected chi connectivity index (χ1v) is 14.7. The number of benzene rings is 1. The van der Waals surface area contributed by atoms with Crippen LogP contribution in [-0.4, -0.2) is 47.7 Å². The summed E-state index contributed by atoms with van der Waals surface area (Å²) in [7, 11) is 1.26. The first-order chi connectivity index (χ1) is 21.6. The molecule has 2 bridgehead atoms. The van der Waals surface area contributed by atoms with Crippen LogP contribution in [0.4, 0.5) is 25.4 Å². The topological polar surface area (TPSA) is 157 Å². The molecular weight excluding hydrogens is 579 g/mol. The summed E-state index contributed by atoms with van der Waals surface area (Å²) in [6.45, 7) is 3.57. The highest BCUT2D eigenvalue weighted by atomic mass is 19.1. The van der Waals surface area contributed by atoms with Crippen LogP contribution >= 0.6 is 0 Å². The standard InChI is InChI=1S/C33H33FN6O5/c1-19-5-4-6-27(40-14-12-28(45-32(40)43)33(2)22(18-36)8-7-21(17-35)29(33)34)20-11-13-37-25(15-20)24-10-9-23(38-31(42)44-3)16-26(24)39-30(19)41/h7-11,13,15-16,19,22,27-28H,4-6,12,14H2,1-3H3,(H,38,42)(H,39,41). The number of aromatic nitrogens is 1. The van der Waals surface area contributed by atoms with Crippen LogP contribution in [0.1, 0.15) is 51.1 Å². The Labute approximate surface area is 260 Å². The summed E-state index contributed by atoms with van der Waals surface area (Å²) in [5.74, 6) is -2.23. The number of rotatable bonds is 3. The molecule has 1 saturated heterocycles. The zero-order valence-corrected chi connectivity index (χ0v) is 25.2. The second-order valence-corrected chi connectivity index (χ2v) is 11.6. The molecule has 0 saturated carbocycles. The molecule has 2 aliphatic heterocycles. The highest BCUT2D eigenvalue weighted by molar-refractivity contribution is 5.98. The van der Waals surface area contributed by atoms with Crippen LogP contribution in [0.2, 0.25) is 0 Å². The van der Waals surface area contributed by atoms with Crippen molar-refractivity contribution in [3.05, 3.63) is 65.6 Å². The van der Waals surface area contributed by atoms with E-state index in [1.807, 2.05) is 25.1 Å². The third kappa shape index (κ3) is 5.96. The van der Waals surface area contributed by atoms with Crippen LogP contribution in [0.25, 0.3) is 11.3 Å². The van der Waals surface area contributed by atoms with E-state index in [0.29, 0.717) is 41.9 Å². The van der Waals surface area contributed by atoms with E-state index in [2.05, 4.69) is 21.7 Å². The fraction of sp³-hybridized carbons (Fsp3) is 0.394. The molecular formula is C33H33FN6O5. The van der Waals surface area contributed by atoms with E-state index in [1.54, 1.807) is 29.3 Å². The van der Waals surface area contributed by atoms with Gasteiger partial charge in [-0.15, -0.1) is 0 Å². The predicted octanol–water partition coefficient (Wildman–Crippen LogP) is 6.40. The van der Waals surface area contributed by atoms with Crippen molar-refractivity contribution in [2.45, 2.75) is 51.7 Å². The number of fused-ring (bicyclic) bond motifs is 4. The van der Waals surface area contributed by atoms with Crippen LogP contribution < -0.4 is 10.6 Å². The Morgan fingerprint density at radius 1 is 1.22 bits per heavy atom. The first kappa shape index (κ1) is 31.2. The number of nitriles is 2. The Morgan fingerprint density at radius 2 is 2.02 bits per heavy atom. The van der Waals surface area contributed by atoms with Crippen molar-refractivity contribution < 1.29 is 28.2 Å². The van der Waals surface area contributed by atoms with Gasteiger partial charge in [0.15, 0.2) is 0 Å². The lowest BCUT2D eigenvalue weighted by Crippen LogP contribution is -2.52. The van der Waals surface area contributed by atoms with Gasteiger partial charge in [-0.05, 0) is 61.7 Å². The third-order valence-electron chi connectivity index (χ3n) is 8.94. The van der Waals surface area contributed by atoms with Gasteiger partial charge in [0.25, 0.3) is 0 Å². The maximum Gasteiger partial charge on any atom is 0.411 e. The van der Waals surface area contributed by atoms with Gasteiger partial charge < -0.3 is 19.7 Å². The molecule has 1 fully saturated rings. The summed E-state index contributed by atoms with van der Waals surface area (Å²) in [5.41, 5.74) is 1.16. The van der Waals surface area contributed by atoms with Gasteiger partial charge in [-0.25, -0.2) is 14.0 Å². The molecule has 1 aliphatic carbocycles. The Balaban J connectivity index is 1.48. The van der Waals surface area contributed by atoms with Crippen molar-refractivity contribution in [1.82, 2.24) is 9.88 Å². The highest BCUT2D eigenvalue weighted by Crippen LogP contribution is 2.49. The number of carbonyl (C=O) groups excluding carboxylic acids is 3. The van der Waals surface area contributed by atoms with Crippen molar-refractivity contribution in [1.29, 1.82) is 10.5 Å². The Morgan fingerprint density at radius 3 is 2.73 bits per heavy atom. The van der Waals surface area contributed by atoms with Gasteiger partial charge in [-0.2, -0.15) is 10.5 Å². The predicted molar refractivity (Wildman–Crippen MR) is 162 cm³/mol. The molecule has 0 radical (unpaired) electrons. The van der Waals surface area contributed by atoms with Gasteiger partial charge >= 0.3 is 12.2 Å². The minimum atomic E-state index is -1.50. The summed E-state index contributed by atoms with van der Waals surface area (Å²) < 4.78 is 26.1. The molecule has 45 heavy (non-hydrogen) atoms. The zero-order chi connectivity index (χ0) is 32.3. The van der Waals surface area contributed by atoms with Crippen LogP contribution in [-0.2, 0) is 14.3 Å². The average molecular weight is 613 g/mol. The van der Waals surface area contributed by atoms with E-state index in [1.165, 1.54) is 26.2 Å². The molecule has 3 heterocycles. The number of amides is 3. The van der Waals surface area contributed by atoms with Crippen molar-refractivity contribution in [2.75, 3.05) is 24.3 Å². The maximum atomic E-state index is 15.6. The maximum absolute atomic E-state index is 15.6. The minimum absolute atomic E-state index is 0.183. The van der Waals surface area contributed by atoms with Crippen molar-refractivity contribution in [2.24, 2.45) is 17.3 Å². The molecule has 3 aliphatic rings. The molecule has 5 rings (SSSR count). The van der Waals surface area contributed by atoms with Crippen molar-refractivity contribution >= 4 is 29.5 Å². The highest BCUT2D eigenvalue weighted by Gasteiger charge is 2.52. The van der Waals surface area contributed by atoms with Gasteiger partial charge in [0.1, 0.15) is 18.0 Å². The molecule has 1 aromatic heterocycles. The number of pyridine rings is 1. The molecule has 3 amide bonds. The van der Waals surface area contributed by atoms with Gasteiger partial charge in [-0.1, -0.05) is 19.4 Å². The van der Waals surface area contributed by atoms with E-state index < -0.39 is 41.5 Å². The fourth-order valence-corrected chi connectivity index (χ4v) is 6.22. The number of allylic oxidation sites excluding steroid dienone is 3. The van der Waals surface area contributed by atoms with Gasteiger partial charge in [0.05, 0.1) is 47.5 Å². The molecule has 232 valence electrons. The second kappa shape index (κ2) is 12.8. The lowest BCUT2D eigenvalue weighted by Gasteiger charge is -2.45. The molecule has 5 unspecified atom stereocenters. The first-order valence-electron chi connectivity index (χ1n) is 14.7. The molecule has 0 spiro atoms.